The Morgan fingerprint density at radius 2 is 1.70 bits per heavy atom. The molecule has 0 fully saturated rings. The van der Waals surface area contributed by atoms with Crippen molar-refractivity contribution in [3.63, 3.8) is 0 Å². The molecular formula is C15H13BrF3N. The summed E-state index contributed by atoms with van der Waals surface area (Å²) in [7, 11) is 0. The highest BCUT2D eigenvalue weighted by Gasteiger charge is 2.32. The van der Waals surface area contributed by atoms with Crippen LogP contribution in [0.1, 0.15) is 16.7 Å². The van der Waals surface area contributed by atoms with Crippen LogP contribution in [0.5, 0.6) is 0 Å². The fourth-order valence-corrected chi connectivity index (χ4v) is 2.11. The van der Waals surface area contributed by atoms with Crippen LogP contribution >= 0.6 is 15.9 Å². The van der Waals surface area contributed by atoms with Crippen LogP contribution in [0.25, 0.3) is 0 Å². The molecular weight excluding hydrogens is 331 g/mol. The summed E-state index contributed by atoms with van der Waals surface area (Å²) in [5, 5.41) is 3.00. The van der Waals surface area contributed by atoms with Gasteiger partial charge in [0, 0.05) is 16.7 Å². The van der Waals surface area contributed by atoms with Crippen molar-refractivity contribution in [2.75, 3.05) is 5.32 Å². The molecule has 20 heavy (non-hydrogen) atoms. The van der Waals surface area contributed by atoms with Gasteiger partial charge < -0.3 is 5.32 Å². The number of benzene rings is 2. The number of aryl methyl sites for hydroxylation is 1. The molecule has 0 saturated carbocycles. The van der Waals surface area contributed by atoms with E-state index in [1.165, 1.54) is 13.0 Å². The first-order valence-electron chi connectivity index (χ1n) is 6.02. The van der Waals surface area contributed by atoms with Gasteiger partial charge in [0.15, 0.2) is 0 Å². The highest BCUT2D eigenvalue weighted by Crippen LogP contribution is 2.33. The van der Waals surface area contributed by atoms with Crippen LogP contribution in [0, 0.1) is 6.92 Å². The molecule has 0 aliphatic heterocycles. The van der Waals surface area contributed by atoms with Gasteiger partial charge >= 0.3 is 6.18 Å². The fraction of sp³-hybridized carbons (Fsp3) is 0.200. The Bertz CT molecular complexity index is 591. The molecule has 0 aliphatic carbocycles. The molecule has 0 heterocycles. The van der Waals surface area contributed by atoms with Crippen LogP contribution in [0.3, 0.4) is 0 Å². The normalized spacial score (nSPS) is 11.4. The minimum atomic E-state index is -4.32. The topological polar surface area (TPSA) is 12.0 Å². The summed E-state index contributed by atoms with van der Waals surface area (Å²) in [6.07, 6.45) is -4.32. The Kier molecular flexibility index (Phi) is 4.38. The SMILES string of the molecule is Cc1ccc(NCc2ccc(Br)cc2)cc1C(F)(F)F. The first-order valence-corrected chi connectivity index (χ1v) is 6.82. The Balaban J connectivity index is 2.12. The van der Waals surface area contributed by atoms with Crippen molar-refractivity contribution in [1.82, 2.24) is 0 Å². The molecule has 1 nitrogen and oxygen atoms in total. The lowest BCUT2D eigenvalue weighted by Gasteiger charge is -2.13. The number of nitrogens with one attached hydrogen (secondary N) is 1. The maximum absolute atomic E-state index is 12.8. The van der Waals surface area contributed by atoms with Gasteiger partial charge in [0.05, 0.1) is 5.56 Å². The Morgan fingerprint density at radius 1 is 1.05 bits per heavy atom. The number of hydrogen-bond donors (Lipinski definition) is 1. The first kappa shape index (κ1) is 14.9. The van der Waals surface area contributed by atoms with Gasteiger partial charge in [0.25, 0.3) is 0 Å². The predicted molar refractivity (Wildman–Crippen MR) is 77.6 cm³/mol. The summed E-state index contributed by atoms with van der Waals surface area (Å²) in [5.41, 5.74) is 1.10. The highest BCUT2D eigenvalue weighted by atomic mass is 79.9. The molecule has 0 aromatic heterocycles. The first-order chi connectivity index (χ1) is 9.36. The monoisotopic (exact) mass is 343 g/mol. The summed E-state index contributed by atoms with van der Waals surface area (Å²) in [6, 6.07) is 11.9. The molecule has 2 aromatic rings. The van der Waals surface area contributed by atoms with Gasteiger partial charge in [-0.25, -0.2) is 0 Å². The van der Waals surface area contributed by atoms with Crippen molar-refractivity contribution in [2.45, 2.75) is 19.6 Å². The Hall–Kier alpha value is -1.49. The van der Waals surface area contributed by atoms with E-state index in [0.717, 1.165) is 16.1 Å². The summed E-state index contributed by atoms with van der Waals surface area (Å²) >= 11 is 3.34. The third-order valence-corrected chi connectivity index (χ3v) is 3.48. The van der Waals surface area contributed by atoms with Crippen LogP contribution in [0.15, 0.2) is 46.9 Å². The second-order valence-corrected chi connectivity index (χ2v) is 5.42. The zero-order chi connectivity index (χ0) is 14.8. The minimum absolute atomic E-state index is 0.228. The molecule has 0 amide bonds. The molecule has 0 radical (unpaired) electrons. The molecule has 2 aromatic carbocycles. The average Bonchev–Trinajstić information content (AvgIpc) is 2.38. The predicted octanol–water partition coefficient (Wildman–Crippen LogP) is 5.39. The number of halogens is 4. The summed E-state index contributed by atoms with van der Waals surface area (Å²) in [5.74, 6) is 0. The van der Waals surface area contributed by atoms with E-state index in [2.05, 4.69) is 21.2 Å². The number of hydrogen-bond acceptors (Lipinski definition) is 1. The maximum atomic E-state index is 12.8. The van der Waals surface area contributed by atoms with Crippen LogP contribution in [-0.4, -0.2) is 0 Å². The largest absolute Gasteiger partial charge is 0.416 e. The Morgan fingerprint density at radius 3 is 2.30 bits per heavy atom. The van der Waals surface area contributed by atoms with E-state index in [1.807, 2.05) is 24.3 Å². The summed E-state index contributed by atoms with van der Waals surface area (Å²) in [6.45, 7) is 1.94. The molecule has 5 heteroatoms. The van der Waals surface area contributed by atoms with Crippen molar-refractivity contribution >= 4 is 21.6 Å². The Labute approximate surface area is 123 Å². The third kappa shape index (κ3) is 3.76. The van der Waals surface area contributed by atoms with Crippen molar-refractivity contribution < 1.29 is 13.2 Å². The lowest BCUT2D eigenvalue weighted by Crippen LogP contribution is -2.09. The zero-order valence-electron chi connectivity index (χ0n) is 10.8. The quantitative estimate of drug-likeness (QED) is 0.787. The third-order valence-electron chi connectivity index (χ3n) is 2.95. The maximum Gasteiger partial charge on any atom is 0.416 e. The lowest BCUT2D eigenvalue weighted by molar-refractivity contribution is -0.138. The number of rotatable bonds is 3. The van der Waals surface area contributed by atoms with Gasteiger partial charge in [-0.1, -0.05) is 34.1 Å². The van der Waals surface area contributed by atoms with Gasteiger partial charge in [-0.3, -0.25) is 0 Å². The van der Waals surface area contributed by atoms with Gasteiger partial charge in [-0.05, 0) is 42.3 Å². The van der Waals surface area contributed by atoms with Gasteiger partial charge in [-0.15, -0.1) is 0 Å². The standard InChI is InChI=1S/C15H13BrF3N/c1-10-2-7-13(8-14(10)15(17,18)19)20-9-11-3-5-12(16)6-4-11/h2-8,20H,9H2,1H3. The fourth-order valence-electron chi connectivity index (χ4n) is 1.84. The van der Waals surface area contributed by atoms with E-state index in [1.54, 1.807) is 6.07 Å². The van der Waals surface area contributed by atoms with Crippen LogP contribution < -0.4 is 5.32 Å². The van der Waals surface area contributed by atoms with E-state index in [9.17, 15) is 13.2 Å². The van der Waals surface area contributed by atoms with Crippen molar-refractivity contribution in [2.24, 2.45) is 0 Å². The molecule has 0 unspecified atom stereocenters. The van der Waals surface area contributed by atoms with Gasteiger partial charge in [0.2, 0.25) is 0 Å². The lowest BCUT2D eigenvalue weighted by atomic mass is 10.1. The van der Waals surface area contributed by atoms with Gasteiger partial charge in [-0.2, -0.15) is 13.2 Å². The van der Waals surface area contributed by atoms with Crippen LogP contribution in [0.4, 0.5) is 18.9 Å². The molecule has 0 bridgehead atoms. The summed E-state index contributed by atoms with van der Waals surface area (Å²) in [4.78, 5) is 0. The highest BCUT2D eigenvalue weighted by molar-refractivity contribution is 9.10. The molecule has 106 valence electrons. The molecule has 0 saturated heterocycles. The molecule has 1 N–H and O–H groups in total. The molecule has 0 spiro atoms. The second kappa shape index (κ2) is 5.87. The zero-order valence-corrected chi connectivity index (χ0v) is 12.3. The second-order valence-electron chi connectivity index (χ2n) is 4.51. The summed E-state index contributed by atoms with van der Waals surface area (Å²) < 4.78 is 39.4. The van der Waals surface area contributed by atoms with E-state index >= 15 is 0 Å². The average molecular weight is 344 g/mol. The van der Waals surface area contributed by atoms with E-state index in [-0.39, 0.29) is 5.56 Å². The minimum Gasteiger partial charge on any atom is -0.381 e. The van der Waals surface area contributed by atoms with E-state index in [4.69, 9.17) is 0 Å². The van der Waals surface area contributed by atoms with Crippen molar-refractivity contribution in [3.05, 3.63) is 63.6 Å². The van der Waals surface area contributed by atoms with Crippen LogP contribution in [0.2, 0.25) is 0 Å². The number of alkyl halides is 3. The van der Waals surface area contributed by atoms with Crippen molar-refractivity contribution in [1.29, 1.82) is 0 Å². The van der Waals surface area contributed by atoms with Crippen LogP contribution in [-0.2, 0) is 12.7 Å². The molecule has 2 rings (SSSR count). The molecule has 0 atom stereocenters. The van der Waals surface area contributed by atoms with Gasteiger partial charge in [0.1, 0.15) is 0 Å². The van der Waals surface area contributed by atoms with E-state index in [0.29, 0.717) is 12.2 Å². The molecule has 0 aliphatic rings. The van der Waals surface area contributed by atoms with E-state index < -0.39 is 11.7 Å². The smallest absolute Gasteiger partial charge is 0.381 e. The number of anilines is 1. The van der Waals surface area contributed by atoms with Crippen molar-refractivity contribution in [3.8, 4) is 0 Å².